The zero-order valence-electron chi connectivity index (χ0n) is 10.6. The summed E-state index contributed by atoms with van der Waals surface area (Å²) in [6.07, 6.45) is 2.86. The van der Waals surface area contributed by atoms with Gasteiger partial charge in [-0.05, 0) is 24.6 Å². The predicted octanol–water partition coefficient (Wildman–Crippen LogP) is 0.00510. The van der Waals surface area contributed by atoms with Gasteiger partial charge in [0, 0.05) is 24.6 Å². The van der Waals surface area contributed by atoms with Crippen LogP contribution in [0.5, 0.6) is 0 Å². The Morgan fingerprint density at radius 2 is 1.74 bits per heavy atom. The lowest BCUT2D eigenvalue weighted by Gasteiger charge is -2.11. The lowest BCUT2D eigenvalue weighted by Crippen LogP contribution is -2.15. The van der Waals surface area contributed by atoms with E-state index in [2.05, 4.69) is 5.32 Å². The van der Waals surface area contributed by atoms with Gasteiger partial charge in [0.25, 0.3) is 0 Å². The van der Waals surface area contributed by atoms with Gasteiger partial charge in [-0.1, -0.05) is 0 Å². The van der Waals surface area contributed by atoms with Gasteiger partial charge in [-0.2, -0.15) is 0 Å². The van der Waals surface area contributed by atoms with Gasteiger partial charge in [-0.15, -0.1) is 0 Å². The van der Waals surface area contributed by atoms with Crippen LogP contribution in [0.2, 0.25) is 0 Å². The average Bonchev–Trinajstić information content (AvgIpc) is 2.91. The number of rotatable bonds is 4. The van der Waals surface area contributed by atoms with Crippen LogP contribution < -0.4 is 11.1 Å². The molecular formula is C11H16N2O4S2. The fourth-order valence-electron chi connectivity index (χ4n) is 1.74. The zero-order chi connectivity index (χ0) is 14.4. The van der Waals surface area contributed by atoms with Gasteiger partial charge in [0.2, 0.25) is 0 Å². The van der Waals surface area contributed by atoms with Gasteiger partial charge in [0.15, 0.2) is 19.7 Å². The van der Waals surface area contributed by atoms with Gasteiger partial charge < -0.3 is 11.1 Å². The maximum absolute atomic E-state index is 11.8. The van der Waals surface area contributed by atoms with Crippen LogP contribution >= 0.6 is 0 Å². The Hall–Kier alpha value is -1.12. The maximum atomic E-state index is 11.8. The molecular weight excluding hydrogens is 288 g/mol. The van der Waals surface area contributed by atoms with Crippen molar-refractivity contribution in [3.63, 3.8) is 0 Å². The summed E-state index contributed by atoms with van der Waals surface area (Å²) in [5, 5.41) is 3.02. The van der Waals surface area contributed by atoms with Gasteiger partial charge in [-0.25, -0.2) is 16.8 Å². The second kappa shape index (κ2) is 4.46. The van der Waals surface area contributed by atoms with E-state index in [4.69, 9.17) is 5.73 Å². The Bertz CT molecular complexity index is 710. The van der Waals surface area contributed by atoms with Crippen molar-refractivity contribution in [3.05, 3.63) is 18.2 Å². The largest absolute Gasteiger partial charge is 0.380 e. The van der Waals surface area contributed by atoms with Crippen LogP contribution in [0.15, 0.2) is 28.0 Å². The van der Waals surface area contributed by atoms with Crippen molar-refractivity contribution < 1.29 is 16.8 Å². The van der Waals surface area contributed by atoms with Crippen LogP contribution in [-0.4, -0.2) is 41.4 Å². The Morgan fingerprint density at radius 1 is 1.16 bits per heavy atom. The molecule has 8 heteroatoms. The SMILES string of the molecule is CS(=O)(=O)c1ccc(NC2CC2N)c(S(C)(=O)=O)c1. The van der Waals surface area contributed by atoms with E-state index in [0.29, 0.717) is 5.69 Å². The Labute approximate surface area is 112 Å². The third-order valence-corrected chi connectivity index (χ3v) is 5.21. The molecule has 6 nitrogen and oxygen atoms in total. The molecule has 1 aliphatic rings. The molecule has 1 aromatic rings. The van der Waals surface area contributed by atoms with Crippen molar-refractivity contribution in [2.24, 2.45) is 5.73 Å². The molecule has 0 saturated heterocycles. The molecule has 1 saturated carbocycles. The number of anilines is 1. The van der Waals surface area contributed by atoms with E-state index >= 15 is 0 Å². The van der Waals surface area contributed by atoms with E-state index in [0.717, 1.165) is 18.9 Å². The zero-order valence-corrected chi connectivity index (χ0v) is 12.3. The fraction of sp³-hybridized carbons (Fsp3) is 0.455. The number of benzene rings is 1. The van der Waals surface area contributed by atoms with Crippen molar-refractivity contribution in [1.82, 2.24) is 0 Å². The molecule has 0 spiro atoms. The first-order chi connectivity index (χ1) is 8.59. The molecule has 1 fully saturated rings. The van der Waals surface area contributed by atoms with Crippen LogP contribution in [-0.2, 0) is 19.7 Å². The Morgan fingerprint density at radius 3 is 2.16 bits per heavy atom. The first-order valence-electron chi connectivity index (χ1n) is 5.65. The average molecular weight is 304 g/mol. The molecule has 1 aliphatic carbocycles. The molecule has 0 heterocycles. The minimum atomic E-state index is -3.52. The van der Waals surface area contributed by atoms with Gasteiger partial charge in [-0.3, -0.25) is 0 Å². The van der Waals surface area contributed by atoms with E-state index < -0.39 is 19.7 Å². The van der Waals surface area contributed by atoms with Gasteiger partial charge in [0.1, 0.15) is 0 Å². The molecule has 3 N–H and O–H groups in total. The molecule has 0 aliphatic heterocycles. The monoisotopic (exact) mass is 304 g/mol. The molecule has 0 radical (unpaired) electrons. The predicted molar refractivity (Wildman–Crippen MR) is 72.7 cm³/mol. The standard InChI is InChI=1S/C11H16N2O4S2/c1-18(14,15)7-3-4-9(13-10-6-8(10)12)11(5-7)19(2,16)17/h3-5,8,10,13H,6,12H2,1-2H3. The number of nitrogens with one attached hydrogen (secondary N) is 1. The second-order valence-electron chi connectivity index (χ2n) is 4.85. The fourth-order valence-corrected chi connectivity index (χ4v) is 3.33. The number of nitrogens with two attached hydrogens (primary N) is 1. The normalized spacial score (nSPS) is 23.1. The minimum absolute atomic E-state index is 0.0152. The molecule has 1 aromatic carbocycles. The summed E-state index contributed by atoms with van der Waals surface area (Å²) in [7, 11) is -6.96. The first kappa shape index (κ1) is 14.3. The van der Waals surface area contributed by atoms with Crippen LogP contribution in [0, 0.1) is 0 Å². The summed E-state index contributed by atoms with van der Waals surface area (Å²) in [5.74, 6) is 0. The Balaban J connectivity index is 2.49. The van der Waals surface area contributed by atoms with E-state index in [-0.39, 0.29) is 21.9 Å². The van der Waals surface area contributed by atoms with Gasteiger partial charge >= 0.3 is 0 Å². The van der Waals surface area contributed by atoms with Crippen molar-refractivity contribution in [2.45, 2.75) is 28.3 Å². The highest BCUT2D eigenvalue weighted by Crippen LogP contribution is 2.30. The number of hydrogen-bond donors (Lipinski definition) is 2. The van der Waals surface area contributed by atoms with Crippen molar-refractivity contribution in [3.8, 4) is 0 Å². The highest BCUT2D eigenvalue weighted by atomic mass is 32.2. The van der Waals surface area contributed by atoms with Crippen LogP contribution in [0.1, 0.15) is 6.42 Å². The highest BCUT2D eigenvalue weighted by Gasteiger charge is 2.34. The topological polar surface area (TPSA) is 106 Å². The van der Waals surface area contributed by atoms with Crippen molar-refractivity contribution in [1.29, 1.82) is 0 Å². The van der Waals surface area contributed by atoms with Crippen LogP contribution in [0.4, 0.5) is 5.69 Å². The molecule has 19 heavy (non-hydrogen) atoms. The Kier molecular flexibility index (Phi) is 3.36. The third kappa shape index (κ3) is 3.26. The molecule has 2 rings (SSSR count). The van der Waals surface area contributed by atoms with Crippen molar-refractivity contribution >= 4 is 25.4 Å². The van der Waals surface area contributed by atoms with E-state index in [1.807, 2.05) is 0 Å². The smallest absolute Gasteiger partial charge is 0.177 e. The highest BCUT2D eigenvalue weighted by molar-refractivity contribution is 7.91. The second-order valence-corrected chi connectivity index (χ2v) is 8.85. The summed E-state index contributed by atoms with van der Waals surface area (Å²) in [4.78, 5) is -0.0342. The molecule has 0 aromatic heterocycles. The van der Waals surface area contributed by atoms with E-state index in [9.17, 15) is 16.8 Å². The lowest BCUT2D eigenvalue weighted by molar-refractivity contribution is 0.600. The molecule has 2 unspecified atom stereocenters. The van der Waals surface area contributed by atoms with Crippen LogP contribution in [0.25, 0.3) is 0 Å². The molecule has 2 atom stereocenters. The summed E-state index contributed by atoms with van der Waals surface area (Å²) in [6, 6.07) is 4.10. The quantitative estimate of drug-likeness (QED) is 0.811. The van der Waals surface area contributed by atoms with Crippen LogP contribution in [0.3, 0.4) is 0 Å². The molecule has 0 bridgehead atoms. The van der Waals surface area contributed by atoms with E-state index in [1.54, 1.807) is 0 Å². The number of sulfone groups is 2. The summed E-state index contributed by atoms with van der Waals surface area (Å²) in [6.45, 7) is 0. The number of hydrogen-bond acceptors (Lipinski definition) is 6. The van der Waals surface area contributed by atoms with E-state index in [1.165, 1.54) is 18.2 Å². The summed E-state index contributed by atoms with van der Waals surface area (Å²) >= 11 is 0. The molecule has 106 valence electrons. The molecule has 0 amide bonds. The van der Waals surface area contributed by atoms with Gasteiger partial charge in [0.05, 0.1) is 15.5 Å². The lowest BCUT2D eigenvalue weighted by atomic mass is 10.3. The first-order valence-corrected chi connectivity index (χ1v) is 9.43. The summed E-state index contributed by atoms with van der Waals surface area (Å²) in [5.41, 5.74) is 6.06. The minimum Gasteiger partial charge on any atom is -0.380 e. The third-order valence-electron chi connectivity index (χ3n) is 2.96. The van der Waals surface area contributed by atoms with Crippen molar-refractivity contribution in [2.75, 3.05) is 17.8 Å². The maximum Gasteiger partial charge on any atom is 0.177 e. The summed E-state index contributed by atoms with van der Waals surface area (Å²) < 4.78 is 46.4.